The van der Waals surface area contributed by atoms with Crippen molar-refractivity contribution in [2.45, 2.75) is 51.4 Å². The Labute approximate surface area is 79.7 Å². The average Bonchev–Trinajstić information content (AvgIpc) is 2.09. The normalized spacial score (nSPS) is 9.54. The highest BCUT2D eigenvalue weighted by atomic mass is 19.1. The summed E-state index contributed by atoms with van der Waals surface area (Å²) in [5.41, 5.74) is 0. The van der Waals surface area contributed by atoms with Crippen LogP contribution < -0.4 is 0 Å². The molecule has 0 bridgehead atoms. The summed E-state index contributed by atoms with van der Waals surface area (Å²) in [6.45, 7) is 0. The summed E-state index contributed by atoms with van der Waals surface area (Å²) in [6.07, 6.45) is 12.1. The fraction of sp³-hybridized carbons (Fsp3) is 0.727. The number of terminal acetylenes is 1. The lowest BCUT2D eigenvalue weighted by molar-refractivity contribution is -0.129. The molecular formula is C11H17FO. The molecule has 0 radical (unpaired) electrons. The number of halogens is 1. The Balaban J connectivity index is 2.92. The van der Waals surface area contributed by atoms with E-state index in [0.29, 0.717) is 6.42 Å². The number of unbranched alkanes of at least 4 members (excludes halogenated alkanes) is 6. The first kappa shape index (κ1) is 12.2. The summed E-state index contributed by atoms with van der Waals surface area (Å²) in [7, 11) is 0. The third kappa shape index (κ3) is 11.2. The second kappa shape index (κ2) is 9.25. The van der Waals surface area contributed by atoms with Crippen LogP contribution in [0.3, 0.4) is 0 Å². The van der Waals surface area contributed by atoms with Crippen LogP contribution in [0.5, 0.6) is 0 Å². The molecule has 0 aliphatic rings. The zero-order valence-corrected chi connectivity index (χ0v) is 8.02. The zero-order chi connectivity index (χ0) is 9.94. The smallest absolute Gasteiger partial charge is 0.261 e. The van der Waals surface area contributed by atoms with Gasteiger partial charge in [0.1, 0.15) is 0 Å². The molecule has 0 aliphatic heterocycles. The van der Waals surface area contributed by atoms with E-state index in [2.05, 4.69) is 5.92 Å². The first-order valence-corrected chi connectivity index (χ1v) is 4.89. The SMILES string of the molecule is C#CCCCCCCCCC(=O)F. The topological polar surface area (TPSA) is 17.1 Å². The molecule has 0 atom stereocenters. The van der Waals surface area contributed by atoms with Gasteiger partial charge < -0.3 is 0 Å². The highest BCUT2D eigenvalue weighted by Gasteiger charge is 1.96. The maximum absolute atomic E-state index is 11.7. The molecule has 0 heterocycles. The Morgan fingerprint density at radius 1 is 1.08 bits per heavy atom. The van der Waals surface area contributed by atoms with Crippen LogP contribution in [0.1, 0.15) is 51.4 Å². The fourth-order valence-electron chi connectivity index (χ4n) is 1.20. The third-order valence-electron chi connectivity index (χ3n) is 1.94. The molecule has 0 unspecified atom stereocenters. The van der Waals surface area contributed by atoms with E-state index in [4.69, 9.17) is 6.42 Å². The quantitative estimate of drug-likeness (QED) is 0.321. The summed E-state index contributed by atoms with van der Waals surface area (Å²) in [6, 6.07) is -1.19. The van der Waals surface area contributed by atoms with Crippen molar-refractivity contribution in [3.8, 4) is 12.3 Å². The van der Waals surface area contributed by atoms with E-state index in [9.17, 15) is 9.18 Å². The fourth-order valence-corrected chi connectivity index (χ4v) is 1.20. The minimum Gasteiger partial charge on any atom is -0.261 e. The predicted octanol–water partition coefficient (Wildman–Crippen LogP) is 3.24. The largest absolute Gasteiger partial charge is 0.301 e. The molecule has 0 N–H and O–H groups in total. The Morgan fingerprint density at radius 2 is 1.62 bits per heavy atom. The van der Waals surface area contributed by atoms with Gasteiger partial charge in [0.15, 0.2) is 0 Å². The molecule has 0 aromatic heterocycles. The number of rotatable bonds is 8. The number of hydrogen-bond acceptors (Lipinski definition) is 1. The zero-order valence-electron chi connectivity index (χ0n) is 8.02. The van der Waals surface area contributed by atoms with Gasteiger partial charge in [0.05, 0.1) is 0 Å². The van der Waals surface area contributed by atoms with Crippen LogP contribution >= 0.6 is 0 Å². The molecule has 0 spiro atoms. The van der Waals surface area contributed by atoms with E-state index in [0.717, 1.165) is 38.5 Å². The van der Waals surface area contributed by atoms with Crippen LogP contribution in [0, 0.1) is 12.3 Å². The van der Waals surface area contributed by atoms with Gasteiger partial charge in [0.25, 0.3) is 0 Å². The van der Waals surface area contributed by atoms with E-state index >= 15 is 0 Å². The van der Waals surface area contributed by atoms with Gasteiger partial charge in [-0.1, -0.05) is 25.7 Å². The molecule has 0 saturated heterocycles. The molecule has 2 heteroatoms. The Hall–Kier alpha value is -0.840. The minimum atomic E-state index is -1.19. The van der Waals surface area contributed by atoms with Crippen LogP contribution in [-0.4, -0.2) is 6.04 Å². The molecule has 74 valence electrons. The first-order chi connectivity index (χ1) is 6.27. The van der Waals surface area contributed by atoms with Gasteiger partial charge in [-0.25, -0.2) is 0 Å². The molecule has 0 rings (SSSR count). The molecular weight excluding hydrogens is 167 g/mol. The molecule has 0 amide bonds. The summed E-state index contributed by atoms with van der Waals surface area (Å²) < 4.78 is 11.7. The molecule has 0 aliphatic carbocycles. The Kier molecular flexibility index (Phi) is 8.65. The van der Waals surface area contributed by atoms with Crippen molar-refractivity contribution in [1.29, 1.82) is 0 Å². The van der Waals surface area contributed by atoms with Crippen molar-refractivity contribution >= 4 is 6.04 Å². The molecule has 1 nitrogen and oxygen atoms in total. The highest BCUT2D eigenvalue weighted by molar-refractivity contribution is 5.67. The van der Waals surface area contributed by atoms with Crippen molar-refractivity contribution in [3.05, 3.63) is 0 Å². The number of hydrogen-bond donors (Lipinski definition) is 0. The van der Waals surface area contributed by atoms with Crippen molar-refractivity contribution in [2.24, 2.45) is 0 Å². The van der Waals surface area contributed by atoms with Crippen LogP contribution in [0.2, 0.25) is 0 Å². The predicted molar refractivity (Wildman–Crippen MR) is 51.9 cm³/mol. The molecule has 0 fully saturated rings. The van der Waals surface area contributed by atoms with Gasteiger partial charge in [-0.2, -0.15) is 4.39 Å². The van der Waals surface area contributed by atoms with E-state index < -0.39 is 6.04 Å². The van der Waals surface area contributed by atoms with Gasteiger partial charge in [-0.05, 0) is 12.8 Å². The maximum atomic E-state index is 11.7. The van der Waals surface area contributed by atoms with E-state index in [1.54, 1.807) is 0 Å². The molecule has 0 aromatic carbocycles. The molecule has 13 heavy (non-hydrogen) atoms. The van der Waals surface area contributed by atoms with Gasteiger partial charge in [-0.15, -0.1) is 12.3 Å². The van der Waals surface area contributed by atoms with Crippen LogP contribution in [0.4, 0.5) is 4.39 Å². The van der Waals surface area contributed by atoms with E-state index in [1.807, 2.05) is 0 Å². The van der Waals surface area contributed by atoms with E-state index in [-0.39, 0.29) is 6.42 Å². The lowest BCUT2D eigenvalue weighted by Crippen LogP contribution is -1.87. The lowest BCUT2D eigenvalue weighted by Gasteiger charge is -1.97. The average molecular weight is 184 g/mol. The second-order valence-corrected chi connectivity index (χ2v) is 3.18. The monoisotopic (exact) mass is 184 g/mol. The van der Waals surface area contributed by atoms with Gasteiger partial charge in [-0.3, -0.25) is 4.79 Å². The van der Waals surface area contributed by atoms with Gasteiger partial charge in [0, 0.05) is 12.8 Å². The standard InChI is InChI=1S/C11H17FO/c1-2-3-4-5-6-7-8-9-10-11(12)13/h1H,3-10H2. The van der Waals surface area contributed by atoms with Crippen LogP contribution in [0.25, 0.3) is 0 Å². The Bertz CT molecular complexity index is 169. The highest BCUT2D eigenvalue weighted by Crippen LogP contribution is 2.08. The van der Waals surface area contributed by atoms with Crippen molar-refractivity contribution in [2.75, 3.05) is 0 Å². The molecule has 0 aromatic rings. The Morgan fingerprint density at radius 3 is 2.15 bits per heavy atom. The van der Waals surface area contributed by atoms with Gasteiger partial charge >= 0.3 is 6.04 Å². The third-order valence-corrected chi connectivity index (χ3v) is 1.94. The van der Waals surface area contributed by atoms with Crippen LogP contribution in [-0.2, 0) is 4.79 Å². The first-order valence-electron chi connectivity index (χ1n) is 4.89. The van der Waals surface area contributed by atoms with Crippen molar-refractivity contribution < 1.29 is 9.18 Å². The number of carbonyl (C=O) groups excluding carboxylic acids is 1. The summed E-state index contributed by atoms with van der Waals surface area (Å²) >= 11 is 0. The molecule has 0 saturated carbocycles. The lowest BCUT2D eigenvalue weighted by atomic mass is 10.1. The summed E-state index contributed by atoms with van der Waals surface area (Å²) in [5.74, 6) is 2.59. The minimum absolute atomic E-state index is 0.0877. The van der Waals surface area contributed by atoms with Gasteiger partial charge in [0.2, 0.25) is 0 Å². The van der Waals surface area contributed by atoms with Crippen molar-refractivity contribution in [3.63, 3.8) is 0 Å². The number of carbonyl (C=O) groups is 1. The van der Waals surface area contributed by atoms with Crippen molar-refractivity contribution in [1.82, 2.24) is 0 Å². The summed E-state index contributed by atoms with van der Waals surface area (Å²) in [5, 5.41) is 0. The van der Waals surface area contributed by atoms with Crippen LogP contribution in [0.15, 0.2) is 0 Å². The van der Waals surface area contributed by atoms with E-state index in [1.165, 1.54) is 0 Å². The summed E-state index contributed by atoms with van der Waals surface area (Å²) in [4.78, 5) is 9.93. The second-order valence-electron chi connectivity index (χ2n) is 3.18. The maximum Gasteiger partial charge on any atom is 0.301 e.